The Labute approximate surface area is 108 Å². The van der Waals surface area contributed by atoms with Gasteiger partial charge in [-0.05, 0) is 24.6 Å². The van der Waals surface area contributed by atoms with E-state index in [-0.39, 0.29) is 11.4 Å². The highest BCUT2D eigenvalue weighted by molar-refractivity contribution is 6.42. The molecule has 1 heterocycles. The zero-order valence-corrected chi connectivity index (χ0v) is 9.99. The first-order chi connectivity index (χ1) is 9.06. The van der Waals surface area contributed by atoms with Gasteiger partial charge in [0.1, 0.15) is 18.4 Å². The van der Waals surface area contributed by atoms with E-state index in [0.717, 1.165) is 10.2 Å². The van der Waals surface area contributed by atoms with Crippen molar-refractivity contribution in [3.8, 4) is 5.75 Å². The highest BCUT2D eigenvalue weighted by Crippen LogP contribution is 2.23. The Morgan fingerprint density at radius 3 is 2.53 bits per heavy atom. The van der Waals surface area contributed by atoms with E-state index in [0.29, 0.717) is 0 Å². The van der Waals surface area contributed by atoms with Crippen LogP contribution in [-0.4, -0.2) is 31.8 Å². The molecule has 8 heteroatoms. The molecule has 0 saturated heterocycles. The fourth-order valence-corrected chi connectivity index (χ4v) is 1.35. The van der Waals surface area contributed by atoms with Crippen LogP contribution in [0.1, 0.15) is 5.56 Å². The number of aromatic hydroxyl groups is 1. The summed E-state index contributed by atoms with van der Waals surface area (Å²) in [6, 6.07) is 4.69. The Morgan fingerprint density at radius 1 is 1.21 bits per heavy atom. The molecule has 0 aliphatic rings. The predicted molar refractivity (Wildman–Crippen MR) is 65.9 cm³/mol. The topological polar surface area (TPSA) is 109 Å². The third kappa shape index (κ3) is 3.06. The molecule has 1 aromatic carbocycles. The van der Waals surface area contributed by atoms with Gasteiger partial charge in [-0.3, -0.25) is 15.0 Å². The van der Waals surface area contributed by atoms with Crippen molar-refractivity contribution in [2.75, 3.05) is 10.7 Å². The van der Waals surface area contributed by atoms with Crippen LogP contribution in [0.5, 0.6) is 5.75 Å². The fraction of sp³-hybridized carbons (Fsp3) is 0.0909. The van der Waals surface area contributed by atoms with E-state index < -0.39 is 11.8 Å². The van der Waals surface area contributed by atoms with Crippen LogP contribution in [0.4, 0.5) is 5.69 Å². The second-order valence-corrected chi connectivity index (χ2v) is 3.78. The van der Waals surface area contributed by atoms with Gasteiger partial charge in [-0.25, -0.2) is 4.68 Å². The second kappa shape index (κ2) is 5.17. The smallest absolute Gasteiger partial charge is 0.328 e. The van der Waals surface area contributed by atoms with E-state index in [9.17, 15) is 14.7 Å². The van der Waals surface area contributed by atoms with Gasteiger partial charge >= 0.3 is 11.8 Å². The molecule has 0 saturated carbocycles. The van der Waals surface area contributed by atoms with E-state index in [1.165, 1.54) is 24.8 Å². The normalized spacial score (nSPS) is 9.95. The highest BCUT2D eigenvalue weighted by Gasteiger charge is 2.15. The third-order valence-corrected chi connectivity index (χ3v) is 2.26. The van der Waals surface area contributed by atoms with E-state index in [1.54, 1.807) is 13.0 Å². The number of phenols is 1. The minimum Gasteiger partial charge on any atom is -0.506 e. The van der Waals surface area contributed by atoms with Crippen molar-refractivity contribution in [2.24, 2.45) is 0 Å². The van der Waals surface area contributed by atoms with E-state index in [4.69, 9.17) is 0 Å². The SMILES string of the molecule is Cc1ccc(NC(=O)C(=O)Nn2cnnc2)c(O)c1. The lowest BCUT2D eigenvalue weighted by Crippen LogP contribution is -2.33. The van der Waals surface area contributed by atoms with Gasteiger partial charge in [0.2, 0.25) is 0 Å². The Kier molecular flexibility index (Phi) is 3.42. The number of aryl methyl sites for hydroxylation is 1. The van der Waals surface area contributed by atoms with Gasteiger partial charge in [0.05, 0.1) is 5.69 Å². The lowest BCUT2D eigenvalue weighted by molar-refractivity contribution is -0.133. The summed E-state index contributed by atoms with van der Waals surface area (Å²) < 4.78 is 1.14. The molecule has 3 N–H and O–H groups in total. The van der Waals surface area contributed by atoms with Crippen LogP contribution in [-0.2, 0) is 9.59 Å². The predicted octanol–water partition coefficient (Wildman–Crippen LogP) is 0.000920. The van der Waals surface area contributed by atoms with E-state index in [1.807, 2.05) is 0 Å². The van der Waals surface area contributed by atoms with Crippen LogP contribution in [0.15, 0.2) is 30.9 Å². The molecule has 2 amide bonds. The van der Waals surface area contributed by atoms with Crippen LogP contribution in [0, 0.1) is 6.92 Å². The van der Waals surface area contributed by atoms with Crippen LogP contribution in [0.3, 0.4) is 0 Å². The number of nitrogens with one attached hydrogen (secondary N) is 2. The van der Waals surface area contributed by atoms with Crippen molar-refractivity contribution < 1.29 is 14.7 Å². The van der Waals surface area contributed by atoms with Crippen LogP contribution in [0.25, 0.3) is 0 Å². The molecule has 2 rings (SSSR count). The highest BCUT2D eigenvalue weighted by atomic mass is 16.3. The molecule has 2 aromatic rings. The summed E-state index contributed by atoms with van der Waals surface area (Å²) in [5.74, 6) is -1.92. The Hall–Kier alpha value is -2.90. The molecule has 0 unspecified atom stereocenters. The number of anilines is 1. The third-order valence-electron chi connectivity index (χ3n) is 2.26. The summed E-state index contributed by atoms with van der Waals surface area (Å²) in [6.07, 6.45) is 2.46. The van der Waals surface area contributed by atoms with Crippen molar-refractivity contribution in [3.63, 3.8) is 0 Å². The van der Waals surface area contributed by atoms with Crippen molar-refractivity contribution in [1.82, 2.24) is 14.9 Å². The molecule has 0 radical (unpaired) electrons. The number of hydrogen-bond acceptors (Lipinski definition) is 5. The molecular weight excluding hydrogens is 250 g/mol. The number of benzene rings is 1. The van der Waals surface area contributed by atoms with Crippen LogP contribution >= 0.6 is 0 Å². The standard InChI is InChI=1S/C11H11N5O3/c1-7-2-3-8(9(17)4-7)14-10(18)11(19)15-16-5-12-13-6-16/h2-6,17H,1H3,(H,14,18)(H,15,19). The zero-order chi connectivity index (χ0) is 13.8. The number of aromatic nitrogens is 3. The first-order valence-corrected chi connectivity index (χ1v) is 5.33. The largest absolute Gasteiger partial charge is 0.506 e. The minimum atomic E-state index is -0.909. The van der Waals surface area contributed by atoms with Gasteiger partial charge in [-0.15, -0.1) is 10.2 Å². The van der Waals surface area contributed by atoms with Gasteiger partial charge in [-0.2, -0.15) is 0 Å². The van der Waals surface area contributed by atoms with Gasteiger partial charge < -0.3 is 10.4 Å². The van der Waals surface area contributed by atoms with Crippen molar-refractivity contribution in [3.05, 3.63) is 36.4 Å². The van der Waals surface area contributed by atoms with Gasteiger partial charge in [0, 0.05) is 0 Å². The number of carbonyl (C=O) groups excluding carboxylic acids is 2. The second-order valence-electron chi connectivity index (χ2n) is 3.78. The minimum absolute atomic E-state index is 0.106. The molecular formula is C11H11N5O3. The molecule has 0 bridgehead atoms. The zero-order valence-electron chi connectivity index (χ0n) is 9.99. The number of phenolic OH excluding ortho intramolecular Hbond substituents is 1. The first-order valence-electron chi connectivity index (χ1n) is 5.33. The van der Waals surface area contributed by atoms with E-state index >= 15 is 0 Å². The monoisotopic (exact) mass is 261 g/mol. The quantitative estimate of drug-likeness (QED) is 0.521. The number of amides is 2. The maximum atomic E-state index is 11.6. The molecule has 0 aliphatic heterocycles. The Morgan fingerprint density at radius 2 is 1.89 bits per heavy atom. The summed E-state index contributed by atoms with van der Waals surface area (Å²) in [5, 5.41) is 18.8. The molecule has 0 atom stereocenters. The average molecular weight is 261 g/mol. The first kappa shape index (κ1) is 12.6. The maximum Gasteiger partial charge on any atom is 0.328 e. The number of hydrogen-bond donors (Lipinski definition) is 3. The lowest BCUT2D eigenvalue weighted by atomic mass is 10.2. The van der Waals surface area contributed by atoms with Gasteiger partial charge in [-0.1, -0.05) is 6.07 Å². The molecule has 19 heavy (non-hydrogen) atoms. The Bertz CT molecular complexity index is 609. The molecule has 0 spiro atoms. The molecule has 1 aromatic heterocycles. The van der Waals surface area contributed by atoms with Crippen molar-refractivity contribution in [2.45, 2.75) is 6.92 Å². The number of nitrogens with zero attached hydrogens (tertiary/aromatic N) is 3. The summed E-state index contributed by atoms with van der Waals surface area (Å²) in [7, 11) is 0. The summed E-state index contributed by atoms with van der Waals surface area (Å²) in [4.78, 5) is 23.1. The molecule has 0 aliphatic carbocycles. The number of rotatable bonds is 2. The van der Waals surface area contributed by atoms with Crippen LogP contribution in [0.2, 0.25) is 0 Å². The molecule has 98 valence electrons. The van der Waals surface area contributed by atoms with Gasteiger partial charge in [0.25, 0.3) is 0 Å². The van der Waals surface area contributed by atoms with E-state index in [2.05, 4.69) is 20.9 Å². The average Bonchev–Trinajstić information content (AvgIpc) is 2.85. The van der Waals surface area contributed by atoms with Crippen LogP contribution < -0.4 is 10.7 Å². The number of carbonyl (C=O) groups is 2. The maximum absolute atomic E-state index is 11.6. The summed E-state index contributed by atoms with van der Waals surface area (Å²) in [6.45, 7) is 1.80. The fourth-order valence-electron chi connectivity index (χ4n) is 1.35. The molecule has 8 nitrogen and oxygen atoms in total. The lowest BCUT2D eigenvalue weighted by Gasteiger charge is -2.08. The summed E-state index contributed by atoms with van der Waals surface area (Å²) >= 11 is 0. The van der Waals surface area contributed by atoms with Crippen molar-refractivity contribution >= 4 is 17.5 Å². The Balaban J connectivity index is 2.02. The van der Waals surface area contributed by atoms with Crippen molar-refractivity contribution in [1.29, 1.82) is 0 Å². The summed E-state index contributed by atoms with van der Waals surface area (Å²) in [5.41, 5.74) is 3.23. The molecule has 0 fully saturated rings. The van der Waals surface area contributed by atoms with Gasteiger partial charge in [0.15, 0.2) is 0 Å².